The molecule has 0 amide bonds. The van der Waals surface area contributed by atoms with E-state index < -0.39 is 0 Å². The molecule has 1 fully saturated rings. The Morgan fingerprint density at radius 3 is 2.88 bits per heavy atom. The maximum atomic E-state index is 5.68. The van der Waals surface area contributed by atoms with Crippen molar-refractivity contribution in [2.45, 2.75) is 19.6 Å². The lowest BCUT2D eigenvalue weighted by molar-refractivity contribution is -0.0212. The highest BCUT2D eigenvalue weighted by molar-refractivity contribution is 4.67. The lowest BCUT2D eigenvalue weighted by Gasteiger charge is -2.28. The number of aromatic nitrogens is 3. The van der Waals surface area contributed by atoms with Crippen LogP contribution in [0.15, 0.2) is 12.7 Å². The standard InChI is InChI=1S/C11H20N4O2/c1-2-17-11(15-10-12-9-13-15)3-4-14-5-7-16-8-6-14/h9-11H,2-8H2,1H3. The number of ether oxygens (including phenoxy) is 2. The lowest BCUT2D eigenvalue weighted by atomic mass is 10.3. The Bertz CT molecular complexity index is 298. The van der Waals surface area contributed by atoms with Crippen LogP contribution in [0.3, 0.4) is 0 Å². The molecule has 0 bridgehead atoms. The van der Waals surface area contributed by atoms with Gasteiger partial charge in [-0.25, -0.2) is 9.67 Å². The lowest BCUT2D eigenvalue weighted by Crippen LogP contribution is -2.37. The van der Waals surface area contributed by atoms with Crippen LogP contribution in [-0.2, 0) is 9.47 Å². The van der Waals surface area contributed by atoms with Crippen molar-refractivity contribution in [2.75, 3.05) is 39.5 Å². The van der Waals surface area contributed by atoms with Crippen LogP contribution >= 0.6 is 0 Å². The Morgan fingerprint density at radius 1 is 1.41 bits per heavy atom. The molecular formula is C11H20N4O2. The van der Waals surface area contributed by atoms with Crippen LogP contribution in [0.1, 0.15) is 19.6 Å². The third-order valence-corrected chi connectivity index (χ3v) is 2.89. The molecule has 1 aromatic rings. The highest BCUT2D eigenvalue weighted by atomic mass is 16.5. The second-order valence-electron chi connectivity index (χ2n) is 4.03. The predicted molar refractivity (Wildman–Crippen MR) is 62.6 cm³/mol. The van der Waals surface area contributed by atoms with Crippen molar-refractivity contribution in [3.05, 3.63) is 12.7 Å². The van der Waals surface area contributed by atoms with Gasteiger partial charge in [0.05, 0.1) is 13.2 Å². The summed E-state index contributed by atoms with van der Waals surface area (Å²) in [5.74, 6) is 0. The first-order valence-electron chi connectivity index (χ1n) is 6.16. The van der Waals surface area contributed by atoms with Crippen molar-refractivity contribution >= 4 is 0 Å². The fraction of sp³-hybridized carbons (Fsp3) is 0.818. The number of morpholine rings is 1. The second-order valence-corrected chi connectivity index (χ2v) is 4.03. The van der Waals surface area contributed by atoms with Crippen LogP contribution in [0, 0.1) is 0 Å². The van der Waals surface area contributed by atoms with Crippen molar-refractivity contribution in [1.29, 1.82) is 0 Å². The van der Waals surface area contributed by atoms with E-state index in [9.17, 15) is 0 Å². The van der Waals surface area contributed by atoms with E-state index in [1.807, 2.05) is 6.92 Å². The van der Waals surface area contributed by atoms with Gasteiger partial charge in [-0.05, 0) is 6.92 Å². The van der Waals surface area contributed by atoms with Crippen LogP contribution in [0.25, 0.3) is 0 Å². The van der Waals surface area contributed by atoms with E-state index in [1.54, 1.807) is 17.3 Å². The summed E-state index contributed by atoms with van der Waals surface area (Å²) in [4.78, 5) is 6.35. The Balaban J connectivity index is 1.81. The number of rotatable bonds is 6. The summed E-state index contributed by atoms with van der Waals surface area (Å²) in [6.07, 6.45) is 4.17. The highest BCUT2D eigenvalue weighted by Crippen LogP contribution is 2.12. The van der Waals surface area contributed by atoms with Crippen molar-refractivity contribution < 1.29 is 9.47 Å². The van der Waals surface area contributed by atoms with Gasteiger partial charge in [-0.1, -0.05) is 0 Å². The molecule has 1 aliphatic rings. The van der Waals surface area contributed by atoms with Crippen LogP contribution < -0.4 is 0 Å². The Morgan fingerprint density at radius 2 is 2.24 bits per heavy atom. The van der Waals surface area contributed by atoms with Gasteiger partial charge in [-0.3, -0.25) is 4.90 Å². The van der Waals surface area contributed by atoms with E-state index in [0.29, 0.717) is 6.61 Å². The van der Waals surface area contributed by atoms with Gasteiger partial charge in [0.15, 0.2) is 6.23 Å². The fourth-order valence-electron chi connectivity index (χ4n) is 1.97. The summed E-state index contributed by atoms with van der Waals surface area (Å²) in [7, 11) is 0. The minimum atomic E-state index is -0.00894. The molecule has 1 aliphatic heterocycles. The zero-order valence-electron chi connectivity index (χ0n) is 10.3. The zero-order valence-corrected chi connectivity index (χ0v) is 10.3. The van der Waals surface area contributed by atoms with Gasteiger partial charge in [0.2, 0.25) is 0 Å². The van der Waals surface area contributed by atoms with E-state index >= 15 is 0 Å². The average Bonchev–Trinajstić information content (AvgIpc) is 2.89. The van der Waals surface area contributed by atoms with E-state index in [2.05, 4.69) is 15.0 Å². The fourth-order valence-corrected chi connectivity index (χ4v) is 1.97. The molecule has 0 spiro atoms. The third kappa shape index (κ3) is 3.76. The van der Waals surface area contributed by atoms with Gasteiger partial charge in [0.25, 0.3) is 0 Å². The molecule has 6 heteroatoms. The summed E-state index contributed by atoms with van der Waals surface area (Å²) >= 11 is 0. The van der Waals surface area contributed by atoms with E-state index in [1.165, 1.54) is 0 Å². The summed E-state index contributed by atoms with van der Waals surface area (Å²) in [5.41, 5.74) is 0. The Kier molecular flexibility index (Phi) is 4.90. The van der Waals surface area contributed by atoms with E-state index in [4.69, 9.17) is 9.47 Å². The van der Waals surface area contributed by atoms with Gasteiger partial charge in [0.1, 0.15) is 12.7 Å². The molecule has 0 saturated carbocycles. The first kappa shape index (κ1) is 12.5. The predicted octanol–water partition coefficient (Wildman–Crippen LogP) is 0.535. The maximum absolute atomic E-state index is 5.68. The Labute approximate surface area is 102 Å². The molecule has 1 aromatic heterocycles. The largest absolute Gasteiger partial charge is 0.379 e. The van der Waals surface area contributed by atoms with E-state index in [0.717, 1.165) is 39.3 Å². The highest BCUT2D eigenvalue weighted by Gasteiger charge is 2.15. The van der Waals surface area contributed by atoms with Gasteiger partial charge < -0.3 is 9.47 Å². The molecule has 17 heavy (non-hydrogen) atoms. The molecule has 0 radical (unpaired) electrons. The molecule has 1 saturated heterocycles. The molecule has 96 valence electrons. The molecular weight excluding hydrogens is 220 g/mol. The number of nitrogens with zero attached hydrogens (tertiary/aromatic N) is 4. The van der Waals surface area contributed by atoms with E-state index in [-0.39, 0.29) is 6.23 Å². The maximum Gasteiger partial charge on any atom is 0.153 e. The quantitative estimate of drug-likeness (QED) is 0.726. The van der Waals surface area contributed by atoms with Crippen LogP contribution in [-0.4, -0.2) is 59.1 Å². The molecule has 2 heterocycles. The van der Waals surface area contributed by atoms with Crippen LogP contribution in [0.5, 0.6) is 0 Å². The summed E-state index contributed by atoms with van der Waals surface area (Å²) in [6, 6.07) is 0. The molecule has 2 rings (SSSR count). The molecule has 6 nitrogen and oxygen atoms in total. The first-order valence-corrected chi connectivity index (χ1v) is 6.16. The SMILES string of the molecule is CCOC(CCN1CCOCC1)n1cncn1. The van der Waals surface area contributed by atoms with Gasteiger partial charge >= 0.3 is 0 Å². The smallest absolute Gasteiger partial charge is 0.153 e. The van der Waals surface area contributed by atoms with Crippen molar-refractivity contribution in [2.24, 2.45) is 0 Å². The third-order valence-electron chi connectivity index (χ3n) is 2.89. The molecule has 0 aromatic carbocycles. The summed E-state index contributed by atoms with van der Waals surface area (Å²) in [6.45, 7) is 7.39. The molecule has 0 aliphatic carbocycles. The normalized spacial score (nSPS) is 19.4. The summed E-state index contributed by atoms with van der Waals surface area (Å²) < 4.78 is 12.8. The average molecular weight is 240 g/mol. The first-order chi connectivity index (χ1) is 8.40. The monoisotopic (exact) mass is 240 g/mol. The topological polar surface area (TPSA) is 52.4 Å². The number of hydrogen-bond donors (Lipinski definition) is 0. The molecule has 1 atom stereocenters. The number of hydrogen-bond acceptors (Lipinski definition) is 5. The van der Waals surface area contributed by atoms with Gasteiger partial charge in [-0.2, -0.15) is 5.10 Å². The Hall–Kier alpha value is -0.980. The molecule has 1 unspecified atom stereocenters. The van der Waals surface area contributed by atoms with Crippen LogP contribution in [0.2, 0.25) is 0 Å². The van der Waals surface area contributed by atoms with Gasteiger partial charge in [0, 0.05) is 32.7 Å². The van der Waals surface area contributed by atoms with Crippen LogP contribution in [0.4, 0.5) is 0 Å². The summed E-state index contributed by atoms with van der Waals surface area (Å²) in [5, 5.41) is 4.14. The van der Waals surface area contributed by atoms with Crippen molar-refractivity contribution in [3.8, 4) is 0 Å². The van der Waals surface area contributed by atoms with Gasteiger partial charge in [-0.15, -0.1) is 0 Å². The minimum Gasteiger partial charge on any atom is -0.379 e. The molecule has 0 N–H and O–H groups in total. The minimum absolute atomic E-state index is 0.00894. The van der Waals surface area contributed by atoms with Crippen molar-refractivity contribution in [1.82, 2.24) is 19.7 Å². The van der Waals surface area contributed by atoms with Crippen molar-refractivity contribution in [3.63, 3.8) is 0 Å². The second kappa shape index (κ2) is 6.68. The zero-order chi connectivity index (χ0) is 11.9.